The van der Waals surface area contributed by atoms with Crippen molar-refractivity contribution < 1.29 is 13.2 Å². The molecule has 0 aromatic heterocycles. The summed E-state index contributed by atoms with van der Waals surface area (Å²) < 4.78 is 26.0. The van der Waals surface area contributed by atoms with Crippen LogP contribution in [0.25, 0.3) is 0 Å². The average molecular weight is 387 g/mol. The van der Waals surface area contributed by atoms with Gasteiger partial charge in [0, 0.05) is 25.2 Å². The molecular weight excluding hydrogens is 360 g/mol. The summed E-state index contributed by atoms with van der Waals surface area (Å²) in [5, 5.41) is 0. The van der Waals surface area contributed by atoms with Gasteiger partial charge in [0.25, 0.3) is 0 Å². The minimum absolute atomic E-state index is 0.0420. The van der Waals surface area contributed by atoms with Crippen LogP contribution in [-0.4, -0.2) is 33.7 Å². The number of nitrogens with zero attached hydrogens (tertiary/aromatic N) is 2. The third-order valence-electron chi connectivity index (χ3n) is 5.12. The molecule has 0 fully saturated rings. The van der Waals surface area contributed by atoms with Gasteiger partial charge in [0.05, 0.1) is 11.9 Å². The Balaban J connectivity index is 1.78. The Hall–Kier alpha value is -2.34. The highest BCUT2D eigenvalue weighted by Gasteiger charge is 2.24. The van der Waals surface area contributed by atoms with Crippen LogP contribution in [0.4, 0.5) is 11.4 Å². The molecule has 0 saturated heterocycles. The van der Waals surface area contributed by atoms with Gasteiger partial charge in [-0.3, -0.25) is 9.10 Å². The first-order valence-electron chi connectivity index (χ1n) is 9.20. The minimum atomic E-state index is -3.47. The summed E-state index contributed by atoms with van der Waals surface area (Å²) in [5.74, 6) is -0.0420. The normalized spacial score (nSPS) is 14.0. The van der Waals surface area contributed by atoms with E-state index in [0.29, 0.717) is 12.2 Å². The van der Waals surface area contributed by atoms with Crippen molar-refractivity contribution in [3.63, 3.8) is 0 Å². The predicted molar refractivity (Wildman–Crippen MR) is 110 cm³/mol. The lowest BCUT2D eigenvalue weighted by Crippen LogP contribution is -2.39. The lowest BCUT2D eigenvalue weighted by molar-refractivity contribution is -0.118. The van der Waals surface area contributed by atoms with Gasteiger partial charge in [-0.05, 0) is 61.6 Å². The van der Waals surface area contributed by atoms with Gasteiger partial charge in [-0.1, -0.05) is 24.3 Å². The van der Waals surface area contributed by atoms with E-state index in [2.05, 4.69) is 0 Å². The van der Waals surface area contributed by atoms with Gasteiger partial charge < -0.3 is 4.90 Å². The number of hydrogen-bond donors (Lipinski definition) is 0. The lowest BCUT2D eigenvalue weighted by atomic mass is 10.0. The van der Waals surface area contributed by atoms with E-state index in [1.54, 1.807) is 11.0 Å². The number of anilines is 2. The Morgan fingerprint density at radius 3 is 2.56 bits per heavy atom. The summed E-state index contributed by atoms with van der Waals surface area (Å²) in [7, 11) is -3.47. The molecule has 2 aromatic carbocycles. The van der Waals surface area contributed by atoms with Gasteiger partial charge in [-0.15, -0.1) is 0 Å². The number of hydrogen-bond acceptors (Lipinski definition) is 3. The quantitative estimate of drug-likeness (QED) is 0.791. The number of benzene rings is 2. The van der Waals surface area contributed by atoms with Gasteiger partial charge in [-0.25, -0.2) is 8.42 Å². The van der Waals surface area contributed by atoms with Gasteiger partial charge >= 0.3 is 0 Å². The van der Waals surface area contributed by atoms with Crippen molar-refractivity contribution in [1.29, 1.82) is 0 Å². The average Bonchev–Trinajstić information content (AvgIpc) is 2.63. The van der Waals surface area contributed by atoms with E-state index in [-0.39, 0.29) is 18.9 Å². The molecule has 3 rings (SSSR count). The van der Waals surface area contributed by atoms with Crippen molar-refractivity contribution in [3.8, 4) is 0 Å². The topological polar surface area (TPSA) is 57.7 Å². The van der Waals surface area contributed by atoms with Crippen molar-refractivity contribution in [3.05, 3.63) is 59.2 Å². The minimum Gasteiger partial charge on any atom is -0.312 e. The van der Waals surface area contributed by atoms with E-state index >= 15 is 0 Å². The van der Waals surface area contributed by atoms with Crippen LogP contribution in [0.1, 0.15) is 29.5 Å². The van der Waals surface area contributed by atoms with Crippen LogP contribution in [0.2, 0.25) is 0 Å². The molecule has 0 bridgehead atoms. The van der Waals surface area contributed by atoms with Crippen LogP contribution in [0, 0.1) is 13.8 Å². The highest BCUT2D eigenvalue weighted by Crippen LogP contribution is 2.28. The number of carbonyl (C=O) groups is 1. The molecule has 6 heteroatoms. The summed E-state index contributed by atoms with van der Waals surface area (Å²) in [5.41, 5.74) is 4.86. The first kappa shape index (κ1) is 19.4. The molecule has 1 amide bonds. The zero-order valence-electron chi connectivity index (χ0n) is 16.1. The molecule has 0 spiro atoms. The molecule has 1 aliphatic heterocycles. The monoisotopic (exact) mass is 386 g/mol. The van der Waals surface area contributed by atoms with E-state index in [4.69, 9.17) is 0 Å². The fourth-order valence-electron chi connectivity index (χ4n) is 3.49. The molecular formula is C21H26N2O3S. The van der Waals surface area contributed by atoms with E-state index < -0.39 is 10.0 Å². The second kappa shape index (κ2) is 7.72. The first-order valence-corrected chi connectivity index (χ1v) is 11.1. The Bertz CT molecular complexity index is 954. The van der Waals surface area contributed by atoms with Crippen molar-refractivity contribution >= 4 is 27.3 Å². The standard InChI is InChI=1S/C21H26N2O3S/c1-16-10-11-19(15-17(16)2)23(27(3,25)26)14-12-21(24)22-13-6-8-18-7-4-5-9-20(18)22/h4-5,7,9-11,15H,6,8,12-14H2,1-3H3. The molecule has 1 heterocycles. The largest absolute Gasteiger partial charge is 0.312 e. The molecule has 2 aromatic rings. The lowest BCUT2D eigenvalue weighted by Gasteiger charge is -2.30. The number of fused-ring (bicyclic) bond motifs is 1. The number of aryl methyl sites for hydroxylation is 3. The number of para-hydroxylation sites is 1. The molecule has 0 N–H and O–H groups in total. The maximum atomic E-state index is 12.8. The highest BCUT2D eigenvalue weighted by atomic mass is 32.2. The summed E-state index contributed by atoms with van der Waals surface area (Å²) in [6.45, 7) is 4.76. The second-order valence-corrected chi connectivity index (χ2v) is 9.04. The predicted octanol–water partition coefficient (Wildman–Crippen LogP) is 3.44. The van der Waals surface area contributed by atoms with E-state index in [1.807, 2.05) is 50.2 Å². The molecule has 27 heavy (non-hydrogen) atoms. The molecule has 144 valence electrons. The van der Waals surface area contributed by atoms with Crippen molar-refractivity contribution in [1.82, 2.24) is 0 Å². The summed E-state index contributed by atoms with van der Waals surface area (Å²) in [6, 6.07) is 13.5. The third-order valence-corrected chi connectivity index (χ3v) is 6.31. The fourth-order valence-corrected chi connectivity index (χ4v) is 4.41. The Labute approximate surface area is 161 Å². The summed E-state index contributed by atoms with van der Waals surface area (Å²) in [4.78, 5) is 14.6. The van der Waals surface area contributed by atoms with Crippen LogP contribution in [-0.2, 0) is 21.2 Å². The van der Waals surface area contributed by atoms with Crippen molar-refractivity contribution in [2.75, 3.05) is 28.6 Å². The Morgan fingerprint density at radius 2 is 1.85 bits per heavy atom. The van der Waals surface area contributed by atoms with Crippen LogP contribution < -0.4 is 9.21 Å². The Kier molecular flexibility index (Phi) is 5.56. The summed E-state index contributed by atoms with van der Waals surface area (Å²) in [6.07, 6.45) is 3.23. The van der Waals surface area contributed by atoms with Crippen LogP contribution in [0.15, 0.2) is 42.5 Å². The molecule has 0 aliphatic carbocycles. The van der Waals surface area contributed by atoms with Crippen molar-refractivity contribution in [2.45, 2.75) is 33.1 Å². The Morgan fingerprint density at radius 1 is 1.11 bits per heavy atom. The summed E-state index contributed by atoms with van der Waals surface area (Å²) >= 11 is 0. The van der Waals surface area contributed by atoms with E-state index in [0.717, 1.165) is 29.7 Å². The van der Waals surface area contributed by atoms with Gasteiger partial charge in [0.2, 0.25) is 15.9 Å². The molecule has 0 radical (unpaired) electrons. The van der Waals surface area contributed by atoms with Gasteiger partial charge in [0.15, 0.2) is 0 Å². The zero-order valence-corrected chi connectivity index (χ0v) is 16.9. The SMILES string of the molecule is Cc1ccc(N(CCC(=O)N2CCCc3ccccc32)S(C)(=O)=O)cc1C. The second-order valence-electron chi connectivity index (χ2n) is 7.13. The van der Waals surface area contributed by atoms with Crippen LogP contribution in [0.3, 0.4) is 0 Å². The van der Waals surface area contributed by atoms with Gasteiger partial charge in [-0.2, -0.15) is 0 Å². The first-order chi connectivity index (χ1) is 12.8. The van der Waals surface area contributed by atoms with Crippen molar-refractivity contribution in [2.24, 2.45) is 0 Å². The molecule has 5 nitrogen and oxygen atoms in total. The molecule has 0 unspecified atom stereocenters. The third kappa shape index (κ3) is 4.33. The highest BCUT2D eigenvalue weighted by molar-refractivity contribution is 7.92. The fraction of sp³-hybridized carbons (Fsp3) is 0.381. The smallest absolute Gasteiger partial charge is 0.232 e. The maximum absolute atomic E-state index is 12.8. The number of amides is 1. The maximum Gasteiger partial charge on any atom is 0.232 e. The van der Waals surface area contributed by atoms with Crippen LogP contribution >= 0.6 is 0 Å². The molecule has 0 saturated carbocycles. The number of sulfonamides is 1. The zero-order chi connectivity index (χ0) is 19.6. The molecule has 0 atom stereocenters. The van der Waals surface area contributed by atoms with Crippen LogP contribution in [0.5, 0.6) is 0 Å². The number of carbonyl (C=O) groups excluding carboxylic acids is 1. The number of rotatable bonds is 5. The van der Waals surface area contributed by atoms with Gasteiger partial charge in [0.1, 0.15) is 0 Å². The van der Waals surface area contributed by atoms with E-state index in [1.165, 1.54) is 16.1 Å². The molecule has 1 aliphatic rings. The van der Waals surface area contributed by atoms with E-state index in [9.17, 15) is 13.2 Å².